The van der Waals surface area contributed by atoms with E-state index in [0.717, 1.165) is 59.0 Å². The van der Waals surface area contributed by atoms with Crippen LogP contribution in [0.3, 0.4) is 0 Å². The third-order valence-electron chi connectivity index (χ3n) is 9.04. The maximum atomic E-state index is 13.5. The number of carbonyl (C=O) groups excluding carboxylic acids is 1. The van der Waals surface area contributed by atoms with Crippen LogP contribution in [0.4, 0.5) is 10.1 Å². The molecule has 6 nitrogen and oxygen atoms in total. The number of para-hydroxylation sites is 1. The molecule has 1 unspecified atom stereocenters. The molecule has 2 heterocycles. The molecule has 0 radical (unpaired) electrons. The Kier molecular flexibility index (Phi) is 10.5. The van der Waals surface area contributed by atoms with Crippen molar-refractivity contribution in [2.45, 2.75) is 85.2 Å². The second-order valence-corrected chi connectivity index (χ2v) is 13.8. The summed E-state index contributed by atoms with van der Waals surface area (Å²) < 4.78 is 28.1. The summed E-state index contributed by atoms with van der Waals surface area (Å²) in [5, 5.41) is 3.30. The number of nitrogens with zero attached hydrogens (tertiary/aromatic N) is 2. The molecule has 0 fully saturated rings. The Balaban J connectivity index is 1.22. The number of hydrogen-bond acceptors (Lipinski definition) is 4. The SMILES string of the molecule is CC(C)c1cccc(C(C)C)c1NC(=O)C(C)(C)CCCOc1ccc2c(c1)C=C(c1nccn1C)C(CCc1ccc(F)cc1)O2. The first-order valence-corrected chi connectivity index (χ1v) is 16.7. The monoisotopic (exact) mass is 637 g/mol. The number of benzene rings is 3. The van der Waals surface area contributed by atoms with Crippen molar-refractivity contribution in [3.8, 4) is 11.5 Å². The van der Waals surface area contributed by atoms with Gasteiger partial charge in [0.1, 0.15) is 29.2 Å². The second-order valence-electron chi connectivity index (χ2n) is 13.8. The third kappa shape index (κ3) is 8.13. The van der Waals surface area contributed by atoms with Crippen LogP contribution in [-0.2, 0) is 18.3 Å². The van der Waals surface area contributed by atoms with E-state index >= 15 is 0 Å². The maximum Gasteiger partial charge on any atom is 0.230 e. The van der Waals surface area contributed by atoms with Gasteiger partial charge < -0.3 is 19.4 Å². The molecule has 1 aliphatic rings. The van der Waals surface area contributed by atoms with Crippen LogP contribution in [-0.4, -0.2) is 28.2 Å². The number of aryl methyl sites for hydroxylation is 2. The maximum absolute atomic E-state index is 13.5. The molecule has 1 N–H and O–H groups in total. The summed E-state index contributed by atoms with van der Waals surface area (Å²) in [6.07, 6.45) is 8.55. The first-order chi connectivity index (χ1) is 22.4. The van der Waals surface area contributed by atoms with Gasteiger partial charge in [-0.25, -0.2) is 9.37 Å². The van der Waals surface area contributed by atoms with Crippen LogP contribution < -0.4 is 14.8 Å². The molecule has 1 amide bonds. The smallest absolute Gasteiger partial charge is 0.230 e. The van der Waals surface area contributed by atoms with Crippen LogP contribution in [0.2, 0.25) is 0 Å². The summed E-state index contributed by atoms with van der Waals surface area (Å²) in [5.74, 6) is 2.80. The Bertz CT molecular complexity index is 1690. The van der Waals surface area contributed by atoms with Gasteiger partial charge >= 0.3 is 0 Å². The van der Waals surface area contributed by atoms with Gasteiger partial charge in [0.05, 0.1) is 6.61 Å². The van der Waals surface area contributed by atoms with E-state index in [1.54, 1.807) is 6.20 Å². The third-order valence-corrected chi connectivity index (χ3v) is 9.04. The van der Waals surface area contributed by atoms with Gasteiger partial charge in [0, 0.05) is 41.7 Å². The van der Waals surface area contributed by atoms with Crippen molar-refractivity contribution in [3.63, 3.8) is 0 Å². The molecule has 0 bridgehead atoms. The molecule has 248 valence electrons. The highest BCUT2D eigenvalue weighted by Gasteiger charge is 2.30. The van der Waals surface area contributed by atoms with Crippen LogP contribution in [0.5, 0.6) is 11.5 Å². The summed E-state index contributed by atoms with van der Waals surface area (Å²) >= 11 is 0. The number of fused-ring (bicyclic) bond motifs is 1. The van der Waals surface area contributed by atoms with E-state index in [4.69, 9.17) is 9.47 Å². The van der Waals surface area contributed by atoms with Crippen molar-refractivity contribution in [3.05, 3.63) is 107 Å². The lowest BCUT2D eigenvalue weighted by Gasteiger charge is -2.28. The average molecular weight is 638 g/mol. The van der Waals surface area contributed by atoms with Crippen molar-refractivity contribution < 1.29 is 18.7 Å². The number of anilines is 1. The molecule has 0 aliphatic carbocycles. The topological polar surface area (TPSA) is 65.4 Å². The van der Waals surface area contributed by atoms with Crippen LogP contribution in [0, 0.1) is 11.2 Å². The van der Waals surface area contributed by atoms with E-state index in [1.807, 2.05) is 62.0 Å². The highest BCUT2D eigenvalue weighted by Crippen LogP contribution is 2.38. The van der Waals surface area contributed by atoms with Crippen LogP contribution >= 0.6 is 0 Å². The number of hydrogen-bond donors (Lipinski definition) is 1. The van der Waals surface area contributed by atoms with E-state index in [1.165, 1.54) is 23.3 Å². The number of carbonyl (C=O) groups is 1. The first-order valence-electron chi connectivity index (χ1n) is 16.7. The summed E-state index contributed by atoms with van der Waals surface area (Å²) in [4.78, 5) is 18.1. The minimum atomic E-state index is -0.561. The number of aromatic nitrogens is 2. The Morgan fingerprint density at radius 1 is 1.04 bits per heavy atom. The molecule has 5 rings (SSSR count). The lowest BCUT2D eigenvalue weighted by Crippen LogP contribution is -2.32. The highest BCUT2D eigenvalue weighted by molar-refractivity contribution is 5.96. The molecular formula is C40H48FN3O3. The Hall–Kier alpha value is -4.39. The van der Waals surface area contributed by atoms with Gasteiger partial charge in [-0.1, -0.05) is 71.9 Å². The van der Waals surface area contributed by atoms with Crippen molar-refractivity contribution in [1.29, 1.82) is 0 Å². The van der Waals surface area contributed by atoms with E-state index in [9.17, 15) is 9.18 Å². The van der Waals surface area contributed by atoms with Crippen LogP contribution in [0.15, 0.2) is 73.1 Å². The minimum absolute atomic E-state index is 0.0272. The average Bonchev–Trinajstić information content (AvgIpc) is 3.47. The van der Waals surface area contributed by atoms with Crippen molar-refractivity contribution >= 4 is 23.2 Å². The predicted octanol–water partition coefficient (Wildman–Crippen LogP) is 9.56. The summed E-state index contributed by atoms with van der Waals surface area (Å²) in [6, 6.07) is 18.8. The van der Waals surface area contributed by atoms with Crippen LogP contribution in [0.1, 0.15) is 101 Å². The lowest BCUT2D eigenvalue weighted by molar-refractivity contribution is -0.124. The van der Waals surface area contributed by atoms with Gasteiger partial charge in [-0.15, -0.1) is 0 Å². The fraction of sp³-hybridized carbons (Fsp3) is 0.400. The number of amides is 1. The Morgan fingerprint density at radius 2 is 1.74 bits per heavy atom. The molecule has 1 aliphatic heterocycles. The summed E-state index contributed by atoms with van der Waals surface area (Å²) in [7, 11) is 1.98. The zero-order chi connectivity index (χ0) is 33.7. The largest absolute Gasteiger partial charge is 0.494 e. The van der Waals surface area contributed by atoms with Crippen molar-refractivity contribution in [2.75, 3.05) is 11.9 Å². The van der Waals surface area contributed by atoms with Crippen molar-refractivity contribution in [2.24, 2.45) is 12.5 Å². The van der Waals surface area contributed by atoms with E-state index < -0.39 is 5.41 Å². The molecule has 4 aromatic rings. The van der Waals surface area contributed by atoms with Crippen molar-refractivity contribution in [1.82, 2.24) is 9.55 Å². The predicted molar refractivity (Wildman–Crippen MR) is 188 cm³/mol. The molecule has 0 saturated heterocycles. The molecule has 3 aromatic carbocycles. The minimum Gasteiger partial charge on any atom is -0.494 e. The standard InChI is InChI=1S/C40H48FN3O3/c1-26(2)32-10-8-11-33(27(3)4)37(32)43-39(45)40(5,6)20-9-23-46-31-17-19-35-29(24-31)25-34(38-42-21-22-44(38)7)36(47-35)18-14-28-12-15-30(41)16-13-28/h8,10-13,15-17,19,21-22,24-27,36H,9,14,18,20,23H2,1-7H3,(H,43,45). The molecule has 1 aromatic heterocycles. The first kappa shape index (κ1) is 34.0. The summed E-state index contributed by atoms with van der Waals surface area (Å²) in [6.45, 7) is 13.1. The van der Waals surface area contributed by atoms with Gasteiger partial charge in [-0.05, 0) is 90.6 Å². The fourth-order valence-corrected chi connectivity index (χ4v) is 6.13. The lowest BCUT2D eigenvalue weighted by atomic mass is 9.86. The number of ether oxygens (including phenoxy) is 2. The van der Waals surface area contributed by atoms with E-state index in [-0.39, 0.29) is 17.8 Å². The molecule has 7 heteroatoms. The molecule has 1 atom stereocenters. The Morgan fingerprint density at radius 3 is 2.38 bits per heavy atom. The highest BCUT2D eigenvalue weighted by atomic mass is 19.1. The number of rotatable bonds is 13. The normalized spacial score (nSPS) is 14.5. The zero-order valence-electron chi connectivity index (χ0n) is 28.8. The molecular weight excluding hydrogens is 589 g/mol. The van der Waals surface area contributed by atoms with E-state index in [0.29, 0.717) is 24.9 Å². The summed E-state index contributed by atoms with van der Waals surface area (Å²) in [5.41, 5.74) is 5.72. The molecule has 47 heavy (non-hydrogen) atoms. The Labute approximate surface area is 279 Å². The van der Waals surface area contributed by atoms with Gasteiger partial charge in [0.2, 0.25) is 5.91 Å². The fourth-order valence-electron chi connectivity index (χ4n) is 6.13. The zero-order valence-corrected chi connectivity index (χ0v) is 28.8. The second kappa shape index (κ2) is 14.6. The number of halogens is 1. The molecule has 0 saturated carbocycles. The van der Waals surface area contributed by atoms with Gasteiger partial charge in [0.25, 0.3) is 0 Å². The number of imidazole rings is 1. The van der Waals surface area contributed by atoms with Gasteiger partial charge in [0.15, 0.2) is 0 Å². The van der Waals surface area contributed by atoms with Gasteiger partial charge in [-0.2, -0.15) is 0 Å². The number of nitrogens with one attached hydrogen (secondary N) is 1. The molecule has 0 spiro atoms. The quantitative estimate of drug-likeness (QED) is 0.148. The van der Waals surface area contributed by atoms with E-state index in [2.05, 4.69) is 62.3 Å². The van der Waals surface area contributed by atoms with Crippen LogP contribution in [0.25, 0.3) is 11.6 Å². The van der Waals surface area contributed by atoms with Gasteiger partial charge in [-0.3, -0.25) is 4.79 Å².